The van der Waals surface area contributed by atoms with E-state index in [4.69, 9.17) is 47.3 Å². The second-order valence-corrected chi connectivity index (χ2v) is 19.7. The molecule has 1 spiro atoms. The molecule has 23 nitrogen and oxygen atoms in total. The van der Waals surface area contributed by atoms with Gasteiger partial charge in [-0.25, -0.2) is 38.8 Å². The number of fused-ring (bicyclic) bond motifs is 4. The highest BCUT2D eigenvalue weighted by Crippen LogP contribution is 2.74. The van der Waals surface area contributed by atoms with E-state index in [1.807, 2.05) is 0 Å². The number of H-pyrrole nitrogens is 1. The van der Waals surface area contributed by atoms with Gasteiger partial charge in [0.05, 0.1) is 44.6 Å². The van der Waals surface area contributed by atoms with Gasteiger partial charge in [-0.15, -0.1) is 0 Å². The maximum absolute atomic E-state index is 14.9. The van der Waals surface area contributed by atoms with Crippen molar-refractivity contribution in [2.45, 2.75) is 83.0 Å². The first-order valence-corrected chi connectivity index (χ1v) is 22.5. The number of hydrogen-bond donors (Lipinski definition) is 3. The molecule has 6 heterocycles. The lowest BCUT2D eigenvalue weighted by molar-refractivity contribution is -0.0612. The Balaban J connectivity index is 1.19. The molecule has 4 aromatic heterocycles. The van der Waals surface area contributed by atoms with Crippen LogP contribution in [0.25, 0.3) is 22.3 Å². The van der Waals surface area contributed by atoms with Crippen molar-refractivity contribution in [1.29, 1.82) is 0 Å². The molecule has 2 saturated heterocycles. The molecule has 4 aromatic rings. The highest BCUT2D eigenvalue weighted by molar-refractivity contribution is 8.55. The maximum Gasteiger partial charge on any atom is 0.509 e. The first-order chi connectivity index (χ1) is 27.2. The summed E-state index contributed by atoms with van der Waals surface area (Å²) in [6.45, 7) is 1.06. The lowest BCUT2D eigenvalue weighted by Crippen LogP contribution is -2.38. The number of nitrogens with two attached hydrogens (primary N) is 1. The van der Waals surface area contributed by atoms with E-state index in [2.05, 4.69) is 29.9 Å². The smallest absolute Gasteiger partial charge is 0.432 e. The molecule has 0 amide bonds. The third-order valence-corrected chi connectivity index (χ3v) is 15.1. The number of aryl methyl sites for hydroxylation is 1. The van der Waals surface area contributed by atoms with Crippen molar-refractivity contribution in [3.8, 4) is 0 Å². The zero-order chi connectivity index (χ0) is 40.4. The summed E-state index contributed by atoms with van der Waals surface area (Å²) >= 11 is 0.538. The Hall–Kier alpha value is -3.54. The van der Waals surface area contributed by atoms with Crippen LogP contribution in [0.5, 0.6) is 0 Å². The van der Waals surface area contributed by atoms with Gasteiger partial charge in [-0.2, -0.15) is 0 Å². The van der Waals surface area contributed by atoms with Crippen LogP contribution in [0.1, 0.15) is 45.3 Å². The van der Waals surface area contributed by atoms with E-state index in [9.17, 15) is 23.8 Å². The van der Waals surface area contributed by atoms with Gasteiger partial charge in [0.25, 0.3) is 5.56 Å². The number of imidazole rings is 2. The average Bonchev–Trinajstić information content (AvgIpc) is 3.44. The first kappa shape index (κ1) is 40.2. The SMILES string of the molecule is CCOP1(=O)OCC23C[C@@H]2[C@@H](n2cnc4c(N)ncnc42)[C@H](O)[C@@H]3OP(=O)(SCOC(=O)OC(C)C)OC[C@H]2O[C@@H](n3cnc4c(=O)[nH]c(C)nc43)[C@H](O1)[C@@H]2OC. The molecule has 26 heteroatoms. The van der Waals surface area contributed by atoms with Gasteiger partial charge in [0.15, 0.2) is 34.8 Å². The molecule has 57 heavy (non-hydrogen) atoms. The molecule has 4 aliphatic rings. The van der Waals surface area contributed by atoms with Gasteiger partial charge in [0, 0.05) is 23.9 Å². The number of ether oxygens (including phenoxy) is 4. The molecule has 3 unspecified atom stereocenters. The quantitative estimate of drug-likeness (QED) is 0.124. The van der Waals surface area contributed by atoms with Crippen molar-refractivity contribution in [1.82, 2.24) is 39.0 Å². The van der Waals surface area contributed by atoms with Crippen molar-refractivity contribution < 1.29 is 60.6 Å². The third kappa shape index (κ3) is 7.28. The number of anilines is 1. The Morgan fingerprint density at radius 2 is 1.91 bits per heavy atom. The summed E-state index contributed by atoms with van der Waals surface area (Å²) in [5.41, 5.74) is 5.19. The fourth-order valence-electron chi connectivity index (χ4n) is 7.82. The summed E-state index contributed by atoms with van der Waals surface area (Å²) in [5, 5.41) is 12.1. The number of nitrogens with zero attached hydrogens (tertiary/aromatic N) is 7. The second kappa shape index (κ2) is 15.2. The standard InChI is InChI=1S/C31H41N9O14P2S/c1-6-48-55(44)50-9-31-7-16(31)20(39-11-35-18-25(32)33-10-34-26(18)39)21(41)24(31)54-56(45,57-13-47-30(43)51-14(2)3)49-8-17-22(46-5)23(53-55)29(52-17)40-12-36-19-27(40)37-15(4)38-28(19)42/h10-12,14,16-17,20-24,29,41H,6-9,13H2,1-5H3,(H2,32,33,34)(H,37,38,42)/t16-,17-,20-,21+,22-,23-,24+,29-,31?,55?,56?/m1/s1. The van der Waals surface area contributed by atoms with Crippen LogP contribution >= 0.6 is 26.0 Å². The predicted molar refractivity (Wildman–Crippen MR) is 197 cm³/mol. The molecule has 2 bridgehead atoms. The number of phosphoric ester groups is 1. The predicted octanol–water partition coefficient (Wildman–Crippen LogP) is 3.01. The molecule has 2 aliphatic carbocycles. The molecule has 0 aromatic carbocycles. The Labute approximate surface area is 327 Å². The van der Waals surface area contributed by atoms with Gasteiger partial charge >= 0.3 is 20.8 Å². The van der Waals surface area contributed by atoms with Gasteiger partial charge in [0.1, 0.15) is 48.2 Å². The number of phosphoric acid groups is 1. The van der Waals surface area contributed by atoms with E-state index in [1.165, 1.54) is 30.7 Å². The summed E-state index contributed by atoms with van der Waals surface area (Å²) in [5.74, 6) is -0.550. The average molecular weight is 858 g/mol. The molecular weight excluding hydrogens is 816 g/mol. The third-order valence-electron chi connectivity index (χ3n) is 10.3. The lowest BCUT2D eigenvalue weighted by Gasteiger charge is -2.32. The van der Waals surface area contributed by atoms with Gasteiger partial charge in [-0.05, 0) is 40.0 Å². The van der Waals surface area contributed by atoms with Crippen molar-refractivity contribution in [2.75, 3.05) is 38.6 Å². The number of aromatic amines is 1. The molecule has 8 rings (SSSR count). The number of aliphatic hydroxyl groups is 1. The Bertz CT molecular complexity index is 2330. The highest BCUT2D eigenvalue weighted by Gasteiger charge is 2.74. The minimum Gasteiger partial charge on any atom is -0.432 e. The fraction of sp³-hybridized carbons (Fsp3) is 0.645. The van der Waals surface area contributed by atoms with Crippen molar-refractivity contribution >= 4 is 60.3 Å². The molecule has 2 aliphatic heterocycles. The number of methoxy groups -OCH3 is 1. The number of rotatable bonds is 9. The van der Waals surface area contributed by atoms with E-state index >= 15 is 0 Å². The number of aromatic nitrogens is 8. The largest absolute Gasteiger partial charge is 0.509 e. The van der Waals surface area contributed by atoms with E-state index in [0.717, 1.165) is 0 Å². The lowest BCUT2D eigenvalue weighted by atomic mass is 10.0. The van der Waals surface area contributed by atoms with Crippen LogP contribution in [-0.2, 0) is 50.7 Å². The van der Waals surface area contributed by atoms with Gasteiger partial charge in [-0.1, -0.05) is 0 Å². The van der Waals surface area contributed by atoms with Gasteiger partial charge in [-0.3, -0.25) is 32.0 Å². The highest BCUT2D eigenvalue weighted by atomic mass is 32.7. The Kier molecular flexibility index (Phi) is 10.8. The number of carbonyl (C=O) groups is 1. The maximum atomic E-state index is 14.9. The van der Waals surface area contributed by atoms with Crippen LogP contribution in [0.2, 0.25) is 0 Å². The van der Waals surface area contributed by atoms with E-state index in [0.29, 0.717) is 29.0 Å². The van der Waals surface area contributed by atoms with Crippen LogP contribution in [0.4, 0.5) is 10.6 Å². The summed E-state index contributed by atoms with van der Waals surface area (Å²) in [6.07, 6.45) is -4.50. The van der Waals surface area contributed by atoms with Gasteiger partial charge in [0.2, 0.25) is 0 Å². The van der Waals surface area contributed by atoms with Crippen LogP contribution < -0.4 is 11.3 Å². The molecule has 310 valence electrons. The monoisotopic (exact) mass is 857 g/mol. The topological polar surface area (TPSA) is 288 Å². The van der Waals surface area contributed by atoms with Crippen LogP contribution in [0, 0.1) is 18.3 Å². The molecule has 4 fully saturated rings. The van der Waals surface area contributed by atoms with Crippen molar-refractivity contribution in [3.63, 3.8) is 0 Å². The number of aliphatic hydroxyl groups excluding tert-OH is 1. The van der Waals surface area contributed by atoms with Crippen molar-refractivity contribution in [2.24, 2.45) is 11.3 Å². The molecule has 4 N–H and O–H groups in total. The minimum absolute atomic E-state index is 0.000334. The molecule has 11 atom stereocenters. The Morgan fingerprint density at radius 3 is 2.67 bits per heavy atom. The van der Waals surface area contributed by atoms with E-state index in [-0.39, 0.29) is 36.0 Å². The zero-order valence-electron chi connectivity index (χ0n) is 31.2. The van der Waals surface area contributed by atoms with Gasteiger partial charge < -0.3 is 39.3 Å². The molecular formula is C31H41N9O14P2S. The van der Waals surface area contributed by atoms with Crippen LogP contribution in [-0.4, -0.2) is 120 Å². The molecule has 0 radical (unpaired) electrons. The number of nitrogens with one attached hydrogen (secondary N) is 1. The van der Waals surface area contributed by atoms with Crippen LogP contribution in [0.3, 0.4) is 0 Å². The Morgan fingerprint density at radius 1 is 1.14 bits per heavy atom. The van der Waals surface area contributed by atoms with Crippen molar-refractivity contribution in [3.05, 3.63) is 35.2 Å². The first-order valence-electron chi connectivity index (χ1n) is 17.9. The number of hydrogen-bond acceptors (Lipinski definition) is 21. The molecule has 2 saturated carbocycles. The zero-order valence-corrected chi connectivity index (χ0v) is 33.8. The fourth-order valence-corrected chi connectivity index (χ4v) is 12.1. The number of nitrogen functional groups attached to an aromatic ring is 1. The van der Waals surface area contributed by atoms with E-state index < -0.39 is 99.1 Å². The number of carbonyl (C=O) groups excluding carboxylic acids is 1. The normalized spacial score (nSPS) is 35.4. The summed E-state index contributed by atoms with van der Waals surface area (Å²) in [7, 11) is -3.18. The second-order valence-electron chi connectivity index (χ2n) is 14.1. The van der Waals surface area contributed by atoms with Crippen LogP contribution in [0.15, 0.2) is 23.8 Å². The summed E-state index contributed by atoms with van der Waals surface area (Å²) in [4.78, 5) is 49.0. The van der Waals surface area contributed by atoms with E-state index in [1.54, 1.807) is 32.3 Å². The summed E-state index contributed by atoms with van der Waals surface area (Å²) in [6, 6.07) is -0.774. The minimum atomic E-state index is -4.54. The summed E-state index contributed by atoms with van der Waals surface area (Å²) < 4.78 is 85.7.